The Morgan fingerprint density at radius 3 is 2.50 bits per heavy atom. The highest BCUT2D eigenvalue weighted by Crippen LogP contribution is 2.13. The van der Waals surface area contributed by atoms with Crippen LogP contribution in [0.4, 0.5) is 0 Å². The van der Waals surface area contributed by atoms with Crippen molar-refractivity contribution < 1.29 is 9.47 Å². The maximum absolute atomic E-state index is 5.56. The van der Waals surface area contributed by atoms with E-state index in [2.05, 4.69) is 41.4 Å². The fraction of sp³-hybridized carbons (Fsp3) is 0.941. The first-order chi connectivity index (χ1) is 11.3. The van der Waals surface area contributed by atoms with E-state index in [-0.39, 0.29) is 24.0 Å². The van der Waals surface area contributed by atoms with Crippen molar-refractivity contribution in [1.29, 1.82) is 0 Å². The van der Waals surface area contributed by atoms with Crippen LogP contribution >= 0.6 is 24.0 Å². The van der Waals surface area contributed by atoms with Crippen LogP contribution in [0.15, 0.2) is 4.99 Å². The van der Waals surface area contributed by atoms with Gasteiger partial charge in [-0.25, -0.2) is 0 Å². The third-order valence-electron chi connectivity index (χ3n) is 3.89. The van der Waals surface area contributed by atoms with Crippen LogP contribution < -0.4 is 10.6 Å². The number of nitrogens with one attached hydrogen (secondary N) is 2. The highest BCUT2D eigenvalue weighted by Gasteiger charge is 2.18. The molecule has 7 heteroatoms. The first kappa shape index (κ1) is 23.9. The molecule has 0 aromatic rings. The monoisotopic (exact) mass is 456 g/mol. The van der Waals surface area contributed by atoms with Crippen molar-refractivity contribution in [1.82, 2.24) is 15.5 Å². The van der Waals surface area contributed by atoms with E-state index in [9.17, 15) is 0 Å². The molecule has 0 aromatic carbocycles. The van der Waals surface area contributed by atoms with E-state index in [1.165, 1.54) is 19.4 Å². The van der Waals surface area contributed by atoms with Gasteiger partial charge in [0.1, 0.15) is 0 Å². The van der Waals surface area contributed by atoms with Gasteiger partial charge in [0.15, 0.2) is 5.96 Å². The van der Waals surface area contributed by atoms with E-state index < -0.39 is 0 Å². The van der Waals surface area contributed by atoms with Crippen LogP contribution in [0.2, 0.25) is 0 Å². The van der Waals surface area contributed by atoms with E-state index in [1.54, 1.807) is 0 Å². The zero-order valence-electron chi connectivity index (χ0n) is 15.7. The average Bonchev–Trinajstić information content (AvgIpc) is 2.96. The summed E-state index contributed by atoms with van der Waals surface area (Å²) in [5, 5.41) is 6.61. The summed E-state index contributed by atoms with van der Waals surface area (Å²) in [6.07, 6.45) is 3.55. The Kier molecular flexibility index (Phi) is 16.3. The zero-order valence-corrected chi connectivity index (χ0v) is 18.0. The third kappa shape index (κ3) is 12.3. The molecule has 144 valence electrons. The van der Waals surface area contributed by atoms with Gasteiger partial charge in [0.05, 0.1) is 19.8 Å². The van der Waals surface area contributed by atoms with E-state index >= 15 is 0 Å². The van der Waals surface area contributed by atoms with Crippen molar-refractivity contribution in [3.8, 4) is 0 Å². The molecule has 2 N–H and O–H groups in total. The Morgan fingerprint density at radius 1 is 1.12 bits per heavy atom. The van der Waals surface area contributed by atoms with Gasteiger partial charge in [0.25, 0.3) is 0 Å². The van der Waals surface area contributed by atoms with Crippen molar-refractivity contribution >= 4 is 29.9 Å². The van der Waals surface area contributed by atoms with Crippen LogP contribution in [-0.4, -0.2) is 77.1 Å². The largest absolute Gasteiger partial charge is 0.379 e. The molecule has 1 heterocycles. The second-order valence-corrected chi connectivity index (χ2v) is 6.14. The molecule has 0 spiro atoms. The van der Waals surface area contributed by atoms with Gasteiger partial charge in [-0.1, -0.05) is 13.3 Å². The van der Waals surface area contributed by atoms with E-state index in [4.69, 9.17) is 9.47 Å². The number of unbranched alkanes of at least 4 members (excludes halogenated alkanes) is 1. The van der Waals surface area contributed by atoms with Crippen molar-refractivity contribution in [2.24, 2.45) is 10.9 Å². The Balaban J connectivity index is 0.00000529. The molecule has 1 fully saturated rings. The molecular formula is C17H37IN4O2. The Hall–Kier alpha value is -0.120. The lowest BCUT2D eigenvalue weighted by Crippen LogP contribution is -2.39. The normalized spacial score (nSPS) is 18.5. The SMILES string of the molecule is CCCCOCCOCCNC(=NCC1CCN(C)C1)NCC.I. The van der Waals surface area contributed by atoms with Crippen LogP contribution in [-0.2, 0) is 9.47 Å². The lowest BCUT2D eigenvalue weighted by Gasteiger charge is -2.13. The van der Waals surface area contributed by atoms with Gasteiger partial charge in [0, 0.05) is 32.8 Å². The maximum Gasteiger partial charge on any atom is 0.191 e. The molecule has 1 unspecified atom stereocenters. The van der Waals surface area contributed by atoms with Gasteiger partial charge >= 0.3 is 0 Å². The molecule has 1 aliphatic heterocycles. The fourth-order valence-electron chi connectivity index (χ4n) is 2.55. The Morgan fingerprint density at radius 2 is 1.88 bits per heavy atom. The molecule has 1 aliphatic rings. The van der Waals surface area contributed by atoms with Crippen LogP contribution in [0.5, 0.6) is 0 Å². The molecule has 1 rings (SSSR count). The molecule has 0 aliphatic carbocycles. The van der Waals surface area contributed by atoms with Crippen LogP contribution in [0.25, 0.3) is 0 Å². The van der Waals surface area contributed by atoms with E-state index in [1.807, 2.05) is 0 Å². The summed E-state index contributed by atoms with van der Waals surface area (Å²) in [7, 11) is 2.18. The number of halogens is 1. The predicted molar refractivity (Wildman–Crippen MR) is 112 cm³/mol. The summed E-state index contributed by atoms with van der Waals surface area (Å²) in [4.78, 5) is 7.06. The van der Waals surface area contributed by atoms with E-state index in [0.717, 1.165) is 45.2 Å². The lowest BCUT2D eigenvalue weighted by molar-refractivity contribution is 0.0487. The highest BCUT2D eigenvalue weighted by molar-refractivity contribution is 14.0. The summed E-state index contributed by atoms with van der Waals surface area (Å²) in [6, 6.07) is 0. The first-order valence-corrected chi connectivity index (χ1v) is 9.12. The number of hydrogen-bond acceptors (Lipinski definition) is 4. The molecule has 0 saturated carbocycles. The van der Waals surface area contributed by atoms with Gasteiger partial charge in [-0.05, 0) is 39.3 Å². The molecule has 6 nitrogen and oxygen atoms in total. The molecule has 1 saturated heterocycles. The minimum Gasteiger partial charge on any atom is -0.379 e. The molecule has 1 atom stereocenters. The summed E-state index contributed by atoms with van der Waals surface area (Å²) in [6.45, 7) is 12.0. The zero-order chi connectivity index (χ0) is 16.8. The summed E-state index contributed by atoms with van der Waals surface area (Å²) in [5.74, 6) is 1.58. The minimum atomic E-state index is 0. The summed E-state index contributed by atoms with van der Waals surface area (Å²) >= 11 is 0. The second-order valence-electron chi connectivity index (χ2n) is 6.14. The lowest BCUT2D eigenvalue weighted by atomic mass is 10.1. The molecule has 0 aromatic heterocycles. The van der Waals surface area contributed by atoms with Crippen molar-refractivity contribution in [2.75, 3.05) is 66.2 Å². The third-order valence-corrected chi connectivity index (χ3v) is 3.89. The van der Waals surface area contributed by atoms with Crippen LogP contribution in [0, 0.1) is 5.92 Å². The van der Waals surface area contributed by atoms with Gasteiger partial charge in [-0.3, -0.25) is 4.99 Å². The van der Waals surface area contributed by atoms with Gasteiger partial charge in [-0.2, -0.15) is 0 Å². The molecule has 0 radical (unpaired) electrons. The fourth-order valence-corrected chi connectivity index (χ4v) is 2.55. The second kappa shape index (κ2) is 16.4. The summed E-state index contributed by atoms with van der Waals surface area (Å²) in [5.41, 5.74) is 0. The number of aliphatic imine (C=N–C) groups is 1. The average molecular weight is 456 g/mol. The topological polar surface area (TPSA) is 58.1 Å². The number of hydrogen-bond donors (Lipinski definition) is 2. The number of likely N-dealkylation sites (tertiary alicyclic amines) is 1. The number of nitrogens with zero attached hydrogens (tertiary/aromatic N) is 2. The maximum atomic E-state index is 5.56. The first-order valence-electron chi connectivity index (χ1n) is 9.12. The smallest absolute Gasteiger partial charge is 0.191 e. The number of rotatable bonds is 12. The van der Waals surface area contributed by atoms with Gasteiger partial charge in [0.2, 0.25) is 0 Å². The quantitative estimate of drug-likeness (QED) is 0.204. The van der Waals surface area contributed by atoms with Crippen LogP contribution in [0.1, 0.15) is 33.1 Å². The van der Waals surface area contributed by atoms with Gasteiger partial charge < -0.3 is 25.0 Å². The van der Waals surface area contributed by atoms with Crippen molar-refractivity contribution in [3.05, 3.63) is 0 Å². The molecular weight excluding hydrogens is 419 g/mol. The summed E-state index contributed by atoms with van der Waals surface area (Å²) < 4.78 is 11.0. The minimum absolute atomic E-state index is 0. The molecule has 24 heavy (non-hydrogen) atoms. The molecule has 0 amide bonds. The Labute approximate surface area is 165 Å². The van der Waals surface area contributed by atoms with Crippen LogP contribution in [0.3, 0.4) is 0 Å². The number of guanidine groups is 1. The van der Waals surface area contributed by atoms with Crippen molar-refractivity contribution in [2.45, 2.75) is 33.1 Å². The Bertz CT molecular complexity index is 319. The van der Waals surface area contributed by atoms with Gasteiger partial charge in [-0.15, -0.1) is 24.0 Å². The molecule has 0 bridgehead atoms. The standard InChI is InChI=1S/C17H36N4O2.HI/c1-4-6-10-22-12-13-23-11-8-19-17(18-5-2)20-14-16-7-9-21(3)15-16;/h16H,4-15H2,1-3H3,(H2,18,19,20);1H. The van der Waals surface area contributed by atoms with E-state index in [0.29, 0.717) is 25.7 Å². The predicted octanol–water partition coefficient (Wildman–Crippen LogP) is 1.94. The highest BCUT2D eigenvalue weighted by atomic mass is 127. The number of ether oxygens (including phenoxy) is 2. The van der Waals surface area contributed by atoms with Crippen molar-refractivity contribution in [3.63, 3.8) is 0 Å².